The molecule has 6 nitrogen and oxygen atoms in total. The third-order valence-corrected chi connectivity index (χ3v) is 3.67. The lowest BCUT2D eigenvalue weighted by atomic mass is 10.0. The predicted octanol–water partition coefficient (Wildman–Crippen LogP) is 2.68. The number of rotatable bonds is 2. The van der Waals surface area contributed by atoms with Gasteiger partial charge in [0.1, 0.15) is 5.56 Å². The van der Waals surface area contributed by atoms with Crippen LogP contribution in [0.4, 0.5) is 10.5 Å². The maximum atomic E-state index is 12.4. The van der Waals surface area contributed by atoms with E-state index in [1.165, 1.54) is 12.1 Å². The number of aromatic carboxylic acids is 1. The number of benzene rings is 1. The SMILES string of the molecule is CC1(C)COCCN1C(=O)Nc1cccc(Cl)c1C(=O)O. The van der Waals surface area contributed by atoms with Gasteiger partial charge in [0.15, 0.2) is 0 Å². The molecular formula is C14H17ClN2O4. The molecule has 0 bridgehead atoms. The van der Waals surface area contributed by atoms with Crippen LogP contribution < -0.4 is 5.32 Å². The number of carbonyl (C=O) groups excluding carboxylic acids is 1. The molecule has 2 rings (SSSR count). The summed E-state index contributed by atoms with van der Waals surface area (Å²) in [5, 5.41) is 11.9. The standard InChI is InChI=1S/C14H17ClN2O4/c1-14(2)8-21-7-6-17(14)13(20)16-10-5-3-4-9(15)11(10)12(18)19/h3-5H,6-8H2,1-2H3,(H,16,20)(H,18,19). The number of carboxylic acid groups (broad SMARTS) is 1. The number of morpholine rings is 1. The zero-order valence-electron chi connectivity index (χ0n) is 11.9. The van der Waals surface area contributed by atoms with Gasteiger partial charge < -0.3 is 20.1 Å². The van der Waals surface area contributed by atoms with E-state index in [-0.39, 0.29) is 22.3 Å². The Labute approximate surface area is 127 Å². The molecule has 1 aliphatic heterocycles. The monoisotopic (exact) mass is 312 g/mol. The highest BCUT2D eigenvalue weighted by molar-refractivity contribution is 6.34. The van der Waals surface area contributed by atoms with E-state index in [9.17, 15) is 14.7 Å². The molecule has 0 aliphatic carbocycles. The van der Waals surface area contributed by atoms with Crippen LogP contribution in [0.3, 0.4) is 0 Å². The number of ether oxygens (including phenoxy) is 1. The topological polar surface area (TPSA) is 78.9 Å². The molecule has 0 atom stereocenters. The largest absolute Gasteiger partial charge is 0.478 e. The Kier molecular flexibility index (Phi) is 4.39. The molecule has 21 heavy (non-hydrogen) atoms. The number of hydrogen-bond acceptors (Lipinski definition) is 3. The summed E-state index contributed by atoms with van der Waals surface area (Å²) in [5.41, 5.74) is -0.384. The van der Waals surface area contributed by atoms with Crippen molar-refractivity contribution in [3.8, 4) is 0 Å². The summed E-state index contributed by atoms with van der Waals surface area (Å²) in [6.07, 6.45) is 0. The Morgan fingerprint density at radius 1 is 1.43 bits per heavy atom. The molecule has 1 fully saturated rings. The Balaban J connectivity index is 2.24. The predicted molar refractivity (Wildman–Crippen MR) is 79.0 cm³/mol. The van der Waals surface area contributed by atoms with Crippen molar-refractivity contribution in [3.63, 3.8) is 0 Å². The Morgan fingerprint density at radius 3 is 2.76 bits per heavy atom. The van der Waals surface area contributed by atoms with Gasteiger partial charge in [0.25, 0.3) is 0 Å². The Morgan fingerprint density at radius 2 is 2.14 bits per heavy atom. The number of anilines is 1. The number of carboxylic acids is 1. The van der Waals surface area contributed by atoms with Crippen LogP contribution in [0.5, 0.6) is 0 Å². The molecule has 7 heteroatoms. The van der Waals surface area contributed by atoms with Gasteiger partial charge in [-0.05, 0) is 26.0 Å². The summed E-state index contributed by atoms with van der Waals surface area (Å²) in [7, 11) is 0. The maximum absolute atomic E-state index is 12.4. The van der Waals surface area contributed by atoms with Crippen LogP contribution in [-0.4, -0.2) is 47.3 Å². The second-order valence-corrected chi connectivity index (χ2v) is 5.82. The van der Waals surface area contributed by atoms with Gasteiger partial charge in [-0.1, -0.05) is 17.7 Å². The maximum Gasteiger partial charge on any atom is 0.339 e. The molecule has 114 valence electrons. The number of halogens is 1. The molecule has 1 aliphatic rings. The summed E-state index contributed by atoms with van der Waals surface area (Å²) < 4.78 is 5.36. The number of carbonyl (C=O) groups is 2. The van der Waals surface area contributed by atoms with Crippen molar-refractivity contribution in [2.24, 2.45) is 0 Å². The van der Waals surface area contributed by atoms with Crippen molar-refractivity contribution < 1.29 is 19.4 Å². The van der Waals surface area contributed by atoms with Crippen molar-refractivity contribution >= 4 is 29.3 Å². The summed E-state index contributed by atoms with van der Waals surface area (Å²) in [4.78, 5) is 25.3. The second kappa shape index (κ2) is 5.91. The number of nitrogens with zero attached hydrogens (tertiary/aromatic N) is 1. The Bertz CT molecular complexity index is 574. The van der Waals surface area contributed by atoms with E-state index < -0.39 is 11.5 Å². The van der Waals surface area contributed by atoms with Gasteiger partial charge in [-0.2, -0.15) is 0 Å². The minimum Gasteiger partial charge on any atom is -0.478 e. The summed E-state index contributed by atoms with van der Waals surface area (Å²) >= 11 is 5.88. The Hall–Kier alpha value is -1.79. The fourth-order valence-corrected chi connectivity index (χ4v) is 2.52. The fourth-order valence-electron chi connectivity index (χ4n) is 2.26. The zero-order chi connectivity index (χ0) is 15.6. The van der Waals surface area contributed by atoms with E-state index in [1.54, 1.807) is 11.0 Å². The third-order valence-electron chi connectivity index (χ3n) is 3.36. The highest BCUT2D eigenvalue weighted by Gasteiger charge is 2.34. The van der Waals surface area contributed by atoms with E-state index in [2.05, 4.69) is 5.32 Å². The molecule has 1 saturated heterocycles. The lowest BCUT2D eigenvalue weighted by Crippen LogP contribution is -2.56. The van der Waals surface area contributed by atoms with Crippen LogP contribution >= 0.6 is 11.6 Å². The van der Waals surface area contributed by atoms with Crippen molar-refractivity contribution in [2.75, 3.05) is 25.1 Å². The van der Waals surface area contributed by atoms with E-state index in [4.69, 9.17) is 16.3 Å². The lowest BCUT2D eigenvalue weighted by Gasteiger charge is -2.41. The molecule has 2 N–H and O–H groups in total. The van der Waals surface area contributed by atoms with Gasteiger partial charge in [0, 0.05) is 6.54 Å². The number of amides is 2. The van der Waals surface area contributed by atoms with E-state index in [1.807, 2.05) is 13.8 Å². The average molecular weight is 313 g/mol. The molecule has 0 spiro atoms. The van der Waals surface area contributed by atoms with Crippen LogP contribution in [0.2, 0.25) is 5.02 Å². The molecule has 1 aromatic carbocycles. The first kappa shape index (κ1) is 15.6. The van der Waals surface area contributed by atoms with Crippen molar-refractivity contribution in [3.05, 3.63) is 28.8 Å². The number of nitrogens with one attached hydrogen (secondary N) is 1. The molecule has 0 unspecified atom stereocenters. The van der Waals surface area contributed by atoms with Gasteiger partial charge >= 0.3 is 12.0 Å². The molecule has 1 heterocycles. The van der Waals surface area contributed by atoms with Crippen LogP contribution in [0.25, 0.3) is 0 Å². The second-order valence-electron chi connectivity index (χ2n) is 5.41. The van der Waals surface area contributed by atoms with Crippen molar-refractivity contribution in [2.45, 2.75) is 19.4 Å². The van der Waals surface area contributed by atoms with Gasteiger partial charge in [-0.15, -0.1) is 0 Å². The quantitative estimate of drug-likeness (QED) is 0.880. The van der Waals surface area contributed by atoms with Crippen LogP contribution in [0.15, 0.2) is 18.2 Å². The minimum absolute atomic E-state index is 0.0848. The van der Waals surface area contributed by atoms with Gasteiger partial charge in [0.05, 0.1) is 29.5 Å². The van der Waals surface area contributed by atoms with Crippen LogP contribution in [0, 0.1) is 0 Å². The third kappa shape index (κ3) is 3.28. The summed E-state index contributed by atoms with van der Waals surface area (Å²) in [6.45, 7) is 5.12. The molecule has 0 saturated carbocycles. The molecular weight excluding hydrogens is 296 g/mol. The molecule has 2 amide bonds. The molecule has 0 aromatic heterocycles. The average Bonchev–Trinajstić information content (AvgIpc) is 2.37. The summed E-state index contributed by atoms with van der Waals surface area (Å²) in [6, 6.07) is 4.21. The van der Waals surface area contributed by atoms with Gasteiger partial charge in [0.2, 0.25) is 0 Å². The number of hydrogen-bond donors (Lipinski definition) is 2. The lowest BCUT2D eigenvalue weighted by molar-refractivity contribution is -0.0249. The van der Waals surface area contributed by atoms with Crippen LogP contribution in [0.1, 0.15) is 24.2 Å². The smallest absolute Gasteiger partial charge is 0.339 e. The fraction of sp³-hybridized carbons (Fsp3) is 0.429. The summed E-state index contributed by atoms with van der Waals surface area (Å²) in [5.74, 6) is -1.18. The zero-order valence-corrected chi connectivity index (χ0v) is 12.6. The van der Waals surface area contributed by atoms with Crippen LogP contribution in [-0.2, 0) is 4.74 Å². The van der Waals surface area contributed by atoms with Gasteiger partial charge in [-0.25, -0.2) is 9.59 Å². The number of urea groups is 1. The van der Waals surface area contributed by atoms with Gasteiger partial charge in [-0.3, -0.25) is 0 Å². The van der Waals surface area contributed by atoms with E-state index >= 15 is 0 Å². The van der Waals surface area contributed by atoms with E-state index in [0.717, 1.165) is 0 Å². The molecule has 0 radical (unpaired) electrons. The van der Waals surface area contributed by atoms with Crippen molar-refractivity contribution in [1.29, 1.82) is 0 Å². The first-order valence-electron chi connectivity index (χ1n) is 6.51. The van der Waals surface area contributed by atoms with E-state index in [0.29, 0.717) is 19.8 Å². The first-order chi connectivity index (χ1) is 9.83. The molecule has 1 aromatic rings. The normalized spacial score (nSPS) is 17.4. The highest BCUT2D eigenvalue weighted by atomic mass is 35.5. The van der Waals surface area contributed by atoms with Crippen molar-refractivity contribution in [1.82, 2.24) is 4.90 Å². The highest BCUT2D eigenvalue weighted by Crippen LogP contribution is 2.26. The first-order valence-corrected chi connectivity index (χ1v) is 6.89. The minimum atomic E-state index is -1.18.